The molecule has 2 aromatic rings. The van der Waals surface area contributed by atoms with Crippen LogP contribution in [0.15, 0.2) is 49.1 Å². The number of hydrogen-bond donors (Lipinski definition) is 0. The summed E-state index contributed by atoms with van der Waals surface area (Å²) in [4.78, 5) is 4.05. The lowest BCUT2D eigenvalue weighted by atomic mass is 10.1. The second-order valence-corrected chi connectivity index (χ2v) is 5.17. The zero-order valence-electron chi connectivity index (χ0n) is 10.6. The monoisotopic (exact) mass is 239 g/mol. The maximum atomic E-state index is 4.05. The summed E-state index contributed by atoms with van der Waals surface area (Å²) < 4.78 is 2.32. The van der Waals surface area contributed by atoms with Gasteiger partial charge in [-0.2, -0.15) is 0 Å². The molecule has 2 aromatic heterocycles. The fourth-order valence-electron chi connectivity index (χ4n) is 2.81. The van der Waals surface area contributed by atoms with Crippen LogP contribution in [-0.2, 0) is 6.54 Å². The van der Waals surface area contributed by atoms with Gasteiger partial charge >= 0.3 is 0 Å². The molecule has 0 N–H and O–H groups in total. The Hall–Kier alpha value is -1.70. The Morgan fingerprint density at radius 2 is 1.56 bits per heavy atom. The minimum atomic E-state index is 0.891. The molecule has 1 aliphatic rings. The lowest BCUT2D eigenvalue weighted by molar-refractivity contribution is -0.703. The summed E-state index contributed by atoms with van der Waals surface area (Å²) in [6.45, 7) is 1.18. The van der Waals surface area contributed by atoms with E-state index in [9.17, 15) is 0 Å². The lowest BCUT2D eigenvalue weighted by Crippen LogP contribution is -2.35. The molecule has 0 spiro atoms. The first kappa shape index (κ1) is 11.4. The van der Waals surface area contributed by atoms with Crippen LogP contribution in [0.3, 0.4) is 0 Å². The molecule has 1 fully saturated rings. The molecule has 0 atom stereocenters. The standard InChI is InChI=1S/C16H19N2/c1-2-4-14(3-1)13-18-11-7-16(8-12-18)15-5-9-17-10-6-15/h5-12,14H,1-4,13H2/q+1. The molecule has 2 heterocycles. The van der Waals surface area contributed by atoms with E-state index < -0.39 is 0 Å². The van der Waals surface area contributed by atoms with Crippen LogP contribution in [0.2, 0.25) is 0 Å². The Balaban J connectivity index is 1.72. The predicted octanol–water partition coefficient (Wildman–Crippen LogP) is 3.23. The van der Waals surface area contributed by atoms with Gasteiger partial charge in [-0.3, -0.25) is 4.98 Å². The number of rotatable bonds is 3. The van der Waals surface area contributed by atoms with Crippen LogP contribution in [0, 0.1) is 5.92 Å². The first-order valence-corrected chi connectivity index (χ1v) is 6.81. The van der Waals surface area contributed by atoms with E-state index in [-0.39, 0.29) is 0 Å². The van der Waals surface area contributed by atoms with Crippen LogP contribution < -0.4 is 4.57 Å². The molecule has 0 saturated heterocycles. The van der Waals surface area contributed by atoms with Gasteiger partial charge in [0, 0.05) is 30.4 Å². The van der Waals surface area contributed by atoms with Gasteiger partial charge in [0.1, 0.15) is 0 Å². The first-order valence-electron chi connectivity index (χ1n) is 6.81. The molecular weight excluding hydrogens is 220 g/mol. The number of aromatic nitrogens is 2. The molecule has 1 saturated carbocycles. The fraction of sp³-hybridized carbons (Fsp3) is 0.375. The number of hydrogen-bond acceptors (Lipinski definition) is 1. The Bertz CT molecular complexity index is 484. The van der Waals surface area contributed by atoms with E-state index in [0.29, 0.717) is 0 Å². The third-order valence-corrected chi connectivity index (χ3v) is 3.85. The molecule has 0 radical (unpaired) electrons. The van der Waals surface area contributed by atoms with Crippen LogP contribution >= 0.6 is 0 Å². The van der Waals surface area contributed by atoms with E-state index in [0.717, 1.165) is 5.92 Å². The van der Waals surface area contributed by atoms with Crippen molar-refractivity contribution in [3.63, 3.8) is 0 Å². The Morgan fingerprint density at radius 1 is 0.944 bits per heavy atom. The third-order valence-electron chi connectivity index (χ3n) is 3.85. The van der Waals surface area contributed by atoms with E-state index in [2.05, 4.69) is 46.2 Å². The van der Waals surface area contributed by atoms with Gasteiger partial charge in [0.05, 0.1) is 0 Å². The molecule has 0 unspecified atom stereocenters. The minimum Gasteiger partial charge on any atom is -0.265 e. The maximum absolute atomic E-state index is 4.05. The average Bonchev–Trinajstić information content (AvgIpc) is 2.94. The van der Waals surface area contributed by atoms with Crippen molar-refractivity contribution in [1.82, 2.24) is 4.98 Å². The molecule has 2 nitrogen and oxygen atoms in total. The van der Waals surface area contributed by atoms with Crippen molar-refractivity contribution in [1.29, 1.82) is 0 Å². The molecular formula is C16H19N2+. The smallest absolute Gasteiger partial charge is 0.169 e. The SMILES string of the molecule is c1cc(-c2cc[n+](CC3CCCC3)cc2)ccn1. The van der Waals surface area contributed by atoms with Gasteiger partial charge in [0.2, 0.25) is 0 Å². The Labute approximate surface area is 108 Å². The average molecular weight is 239 g/mol. The second kappa shape index (κ2) is 5.30. The van der Waals surface area contributed by atoms with Gasteiger partial charge in [0.25, 0.3) is 0 Å². The molecule has 92 valence electrons. The molecule has 0 bridgehead atoms. The largest absolute Gasteiger partial charge is 0.265 e. The molecule has 0 aliphatic heterocycles. The summed E-state index contributed by atoms with van der Waals surface area (Å²) in [6, 6.07) is 8.50. The highest BCUT2D eigenvalue weighted by Crippen LogP contribution is 2.24. The summed E-state index contributed by atoms with van der Waals surface area (Å²) in [5.74, 6) is 0.891. The van der Waals surface area contributed by atoms with Gasteiger partial charge < -0.3 is 0 Å². The van der Waals surface area contributed by atoms with E-state index in [1.165, 1.54) is 43.4 Å². The van der Waals surface area contributed by atoms with Gasteiger partial charge in [-0.15, -0.1) is 0 Å². The highest BCUT2D eigenvalue weighted by atomic mass is 14.9. The number of nitrogens with zero attached hydrogens (tertiary/aromatic N) is 2. The summed E-state index contributed by atoms with van der Waals surface area (Å²) in [5.41, 5.74) is 2.50. The maximum Gasteiger partial charge on any atom is 0.169 e. The Morgan fingerprint density at radius 3 is 2.22 bits per heavy atom. The van der Waals surface area contributed by atoms with Gasteiger partial charge in [-0.25, -0.2) is 4.57 Å². The van der Waals surface area contributed by atoms with Crippen molar-refractivity contribution in [3.8, 4) is 11.1 Å². The zero-order valence-corrected chi connectivity index (χ0v) is 10.6. The van der Waals surface area contributed by atoms with Crippen LogP contribution in [0.5, 0.6) is 0 Å². The summed E-state index contributed by atoms with van der Waals surface area (Å²) in [7, 11) is 0. The third kappa shape index (κ3) is 2.58. The van der Waals surface area contributed by atoms with E-state index in [4.69, 9.17) is 0 Å². The van der Waals surface area contributed by atoms with Gasteiger partial charge in [0.15, 0.2) is 18.9 Å². The molecule has 1 aliphatic carbocycles. The van der Waals surface area contributed by atoms with Crippen LogP contribution in [0.25, 0.3) is 11.1 Å². The number of pyridine rings is 2. The predicted molar refractivity (Wildman–Crippen MR) is 71.8 cm³/mol. The second-order valence-electron chi connectivity index (χ2n) is 5.17. The van der Waals surface area contributed by atoms with Crippen molar-refractivity contribution in [2.45, 2.75) is 32.2 Å². The van der Waals surface area contributed by atoms with E-state index in [1.54, 1.807) is 0 Å². The highest BCUT2D eigenvalue weighted by molar-refractivity contribution is 5.61. The molecule has 3 rings (SSSR count). The molecule has 0 amide bonds. The molecule has 0 aromatic carbocycles. The fourth-order valence-corrected chi connectivity index (χ4v) is 2.81. The van der Waals surface area contributed by atoms with Crippen molar-refractivity contribution >= 4 is 0 Å². The Kier molecular flexibility index (Phi) is 3.35. The van der Waals surface area contributed by atoms with Crippen molar-refractivity contribution < 1.29 is 4.57 Å². The summed E-state index contributed by atoms with van der Waals surface area (Å²) >= 11 is 0. The van der Waals surface area contributed by atoms with Crippen molar-refractivity contribution in [2.24, 2.45) is 5.92 Å². The van der Waals surface area contributed by atoms with Crippen LogP contribution in [0.4, 0.5) is 0 Å². The quantitative estimate of drug-likeness (QED) is 0.751. The zero-order chi connectivity index (χ0) is 12.2. The van der Waals surface area contributed by atoms with Crippen molar-refractivity contribution in [2.75, 3.05) is 0 Å². The van der Waals surface area contributed by atoms with E-state index >= 15 is 0 Å². The lowest BCUT2D eigenvalue weighted by Gasteiger charge is -2.05. The topological polar surface area (TPSA) is 16.8 Å². The van der Waals surface area contributed by atoms with Crippen LogP contribution in [0.1, 0.15) is 25.7 Å². The van der Waals surface area contributed by atoms with Crippen LogP contribution in [-0.4, -0.2) is 4.98 Å². The normalized spacial score (nSPS) is 16.0. The molecule has 2 heteroatoms. The van der Waals surface area contributed by atoms with Gasteiger partial charge in [-0.05, 0) is 36.1 Å². The van der Waals surface area contributed by atoms with Gasteiger partial charge in [-0.1, -0.05) is 12.8 Å². The summed E-state index contributed by atoms with van der Waals surface area (Å²) in [5, 5.41) is 0. The van der Waals surface area contributed by atoms with E-state index in [1.807, 2.05) is 12.4 Å². The van der Waals surface area contributed by atoms with Crippen molar-refractivity contribution in [3.05, 3.63) is 49.1 Å². The first-order chi connectivity index (χ1) is 8.92. The summed E-state index contributed by atoms with van der Waals surface area (Å²) in [6.07, 6.45) is 13.7. The molecule has 18 heavy (non-hydrogen) atoms. The minimum absolute atomic E-state index is 0.891. The highest BCUT2D eigenvalue weighted by Gasteiger charge is 2.18.